The number of phenolic OH excluding ortho intramolecular Hbond substituents is 2. The molecule has 5 heteroatoms. The molecule has 0 radical (unpaired) electrons. The molecular formula is C33H80O5. The van der Waals surface area contributed by atoms with Gasteiger partial charge in [-0.3, -0.25) is 4.79 Å². The van der Waals surface area contributed by atoms with Crippen LogP contribution in [0.1, 0.15) is 126 Å². The average molecular weight is 557 g/mol. The lowest BCUT2D eigenvalue weighted by atomic mass is 10.1. The molecule has 0 fully saturated rings. The molecule has 38 heavy (non-hydrogen) atoms. The number of methoxy groups -OCH3 is 1. The molecule has 2 aromatic carbocycles. The monoisotopic (exact) mass is 557 g/mol. The van der Waals surface area contributed by atoms with Gasteiger partial charge in [0, 0.05) is 23.8 Å². The number of fused-ring (bicyclic) bond motifs is 1. The molecule has 3 rings (SSSR count). The minimum atomic E-state index is -0.348. The van der Waals surface area contributed by atoms with Gasteiger partial charge < -0.3 is 19.4 Å². The minimum absolute atomic E-state index is 0. The maximum absolute atomic E-state index is 12.2. The summed E-state index contributed by atoms with van der Waals surface area (Å²) in [5, 5.41) is 19.3. The molecule has 0 saturated heterocycles. The Kier molecular flexibility index (Phi) is 110. The van der Waals surface area contributed by atoms with Crippen LogP contribution in [0.3, 0.4) is 0 Å². The van der Waals surface area contributed by atoms with E-state index in [0.717, 1.165) is 0 Å². The van der Waals surface area contributed by atoms with Crippen LogP contribution >= 0.6 is 0 Å². The van der Waals surface area contributed by atoms with Crippen molar-refractivity contribution < 1.29 is 19.4 Å². The van der Waals surface area contributed by atoms with Gasteiger partial charge in [-0.25, -0.2) is 0 Å². The molecule has 5 nitrogen and oxygen atoms in total. The fourth-order valence-electron chi connectivity index (χ4n) is 2.13. The zero-order valence-electron chi connectivity index (χ0n) is 11.2. The van der Waals surface area contributed by atoms with Crippen molar-refractivity contribution >= 4 is 11.0 Å². The molecule has 0 amide bonds. The van der Waals surface area contributed by atoms with E-state index in [1.807, 2.05) is 0 Å². The summed E-state index contributed by atoms with van der Waals surface area (Å²) < 4.78 is 10.7. The Bertz CT molecular complexity index is 867. The van der Waals surface area contributed by atoms with Crippen molar-refractivity contribution in [1.29, 1.82) is 0 Å². The molecule has 242 valence electrons. The standard InChI is InChI=1S/C16H12O5.17CH4/c1-20-11-6-12(18)16-13(19)8-14(21-15(16)7-11)9-2-4-10(17)5-3-9;;;;;;;;;;;;;;;;;/h2-8,17-18H,1H3;17*1H4. The largest absolute Gasteiger partial charge is 0.508 e. The highest BCUT2D eigenvalue weighted by molar-refractivity contribution is 5.86. The lowest BCUT2D eigenvalue weighted by Crippen LogP contribution is -2.01. The minimum Gasteiger partial charge on any atom is -0.508 e. The van der Waals surface area contributed by atoms with Gasteiger partial charge in [0.25, 0.3) is 0 Å². The van der Waals surface area contributed by atoms with Crippen LogP contribution in [0.2, 0.25) is 0 Å². The summed E-state index contributed by atoms with van der Waals surface area (Å²) in [4.78, 5) is 12.2. The number of benzene rings is 2. The second kappa shape index (κ2) is 41.2. The average Bonchev–Trinajstić information content (AvgIpc) is 2.46. The van der Waals surface area contributed by atoms with E-state index < -0.39 is 0 Å². The highest BCUT2D eigenvalue weighted by Gasteiger charge is 2.12. The van der Waals surface area contributed by atoms with Crippen molar-refractivity contribution in [2.24, 2.45) is 0 Å². The van der Waals surface area contributed by atoms with Crippen molar-refractivity contribution in [3.63, 3.8) is 0 Å². The van der Waals surface area contributed by atoms with Crippen molar-refractivity contribution in [1.82, 2.24) is 0 Å². The van der Waals surface area contributed by atoms with E-state index in [1.54, 1.807) is 18.2 Å². The third kappa shape index (κ3) is 20.1. The highest BCUT2D eigenvalue weighted by atomic mass is 16.5. The third-order valence-electron chi connectivity index (χ3n) is 3.17. The Balaban J connectivity index is -0.0000000239. The molecule has 0 saturated carbocycles. The Labute approximate surface area is 245 Å². The van der Waals surface area contributed by atoms with Gasteiger partial charge in [-0.15, -0.1) is 0 Å². The molecular weight excluding hydrogens is 476 g/mol. The van der Waals surface area contributed by atoms with Crippen LogP contribution in [0.15, 0.2) is 51.7 Å². The first-order valence-corrected chi connectivity index (χ1v) is 6.23. The van der Waals surface area contributed by atoms with Crippen LogP contribution in [-0.4, -0.2) is 17.3 Å². The third-order valence-corrected chi connectivity index (χ3v) is 3.17. The van der Waals surface area contributed by atoms with Crippen LogP contribution in [0, 0.1) is 0 Å². The lowest BCUT2D eigenvalue weighted by Gasteiger charge is -2.07. The molecule has 0 aliphatic rings. The predicted octanol–water partition coefficient (Wildman–Crippen LogP) is 13.7. The molecule has 0 aliphatic heterocycles. The molecule has 1 aromatic heterocycles. The number of phenols is 2. The molecule has 0 aliphatic carbocycles. The molecule has 0 spiro atoms. The lowest BCUT2D eigenvalue weighted by molar-refractivity contribution is 0.408. The van der Waals surface area contributed by atoms with Crippen LogP contribution in [-0.2, 0) is 0 Å². The number of aromatic hydroxyl groups is 2. The van der Waals surface area contributed by atoms with Crippen molar-refractivity contribution in [2.45, 2.75) is 126 Å². The Morgan fingerprint density at radius 3 is 1.37 bits per heavy atom. The normalized spacial score (nSPS) is 5.92. The SMILES string of the molecule is C.C.C.C.C.C.C.C.C.C.C.C.C.C.C.C.C.COc1cc(O)c2c(=O)cc(-c3ccc(O)cc3)oc2c1. The summed E-state index contributed by atoms with van der Waals surface area (Å²) in [7, 11) is 1.46. The Morgan fingerprint density at radius 2 is 1.00 bits per heavy atom. The van der Waals surface area contributed by atoms with E-state index in [1.165, 1.54) is 31.4 Å². The summed E-state index contributed by atoms with van der Waals surface area (Å²) in [6.07, 6.45) is 0. The summed E-state index contributed by atoms with van der Waals surface area (Å²) in [5.41, 5.74) is 0.538. The Hall–Kier alpha value is -2.95. The van der Waals surface area contributed by atoms with E-state index in [2.05, 4.69) is 0 Å². The maximum Gasteiger partial charge on any atom is 0.197 e. The molecule has 0 atom stereocenters. The molecule has 0 bridgehead atoms. The fourth-order valence-corrected chi connectivity index (χ4v) is 2.13. The molecule has 0 unspecified atom stereocenters. The summed E-state index contributed by atoms with van der Waals surface area (Å²) in [6, 6.07) is 10.5. The van der Waals surface area contributed by atoms with E-state index in [0.29, 0.717) is 17.1 Å². The van der Waals surface area contributed by atoms with Crippen LogP contribution in [0.25, 0.3) is 22.3 Å². The predicted molar refractivity (Wildman–Crippen MR) is 192 cm³/mol. The number of hydrogen-bond donors (Lipinski definition) is 2. The first-order chi connectivity index (χ1) is 10.1. The highest BCUT2D eigenvalue weighted by Crippen LogP contribution is 2.31. The van der Waals surface area contributed by atoms with Gasteiger partial charge in [-0.2, -0.15) is 0 Å². The smallest absolute Gasteiger partial charge is 0.197 e. The molecule has 3 aromatic rings. The van der Waals surface area contributed by atoms with Gasteiger partial charge in [-0.1, -0.05) is 126 Å². The Morgan fingerprint density at radius 1 is 0.605 bits per heavy atom. The van der Waals surface area contributed by atoms with Gasteiger partial charge in [-0.05, 0) is 24.3 Å². The first kappa shape index (κ1) is 101. The van der Waals surface area contributed by atoms with Gasteiger partial charge in [0.15, 0.2) is 5.43 Å². The van der Waals surface area contributed by atoms with Crippen molar-refractivity contribution in [3.05, 3.63) is 52.7 Å². The van der Waals surface area contributed by atoms with Crippen LogP contribution in [0.4, 0.5) is 0 Å². The fraction of sp³-hybridized carbons (Fsp3) is 0.545. The second-order valence-corrected chi connectivity index (χ2v) is 4.54. The van der Waals surface area contributed by atoms with Gasteiger partial charge in [0.2, 0.25) is 0 Å². The maximum atomic E-state index is 12.2. The van der Waals surface area contributed by atoms with Gasteiger partial charge in [0.1, 0.15) is 34.0 Å². The summed E-state index contributed by atoms with van der Waals surface area (Å²) in [5.74, 6) is 0.683. The molecule has 1 heterocycles. The van der Waals surface area contributed by atoms with E-state index in [-0.39, 0.29) is 154 Å². The topological polar surface area (TPSA) is 79.9 Å². The zero-order valence-corrected chi connectivity index (χ0v) is 11.2. The number of ether oxygens (including phenoxy) is 1. The summed E-state index contributed by atoms with van der Waals surface area (Å²) >= 11 is 0. The van der Waals surface area contributed by atoms with Crippen LogP contribution in [0.5, 0.6) is 17.2 Å². The quantitative estimate of drug-likeness (QED) is 0.328. The van der Waals surface area contributed by atoms with Gasteiger partial charge in [0.05, 0.1) is 7.11 Å². The van der Waals surface area contributed by atoms with E-state index in [9.17, 15) is 15.0 Å². The zero-order chi connectivity index (χ0) is 15.0. The number of rotatable bonds is 2. The van der Waals surface area contributed by atoms with Gasteiger partial charge >= 0.3 is 0 Å². The van der Waals surface area contributed by atoms with Crippen molar-refractivity contribution in [3.8, 4) is 28.6 Å². The molecule has 2 N–H and O–H groups in total. The van der Waals surface area contributed by atoms with Crippen LogP contribution < -0.4 is 10.2 Å². The van der Waals surface area contributed by atoms with E-state index in [4.69, 9.17) is 9.15 Å². The first-order valence-electron chi connectivity index (χ1n) is 6.23. The van der Waals surface area contributed by atoms with E-state index >= 15 is 0 Å². The number of hydrogen-bond acceptors (Lipinski definition) is 5. The second-order valence-electron chi connectivity index (χ2n) is 4.54. The summed E-state index contributed by atoms with van der Waals surface area (Å²) in [6.45, 7) is 0. The van der Waals surface area contributed by atoms with Crippen molar-refractivity contribution in [2.75, 3.05) is 7.11 Å².